The Labute approximate surface area is 218 Å². The van der Waals surface area contributed by atoms with Gasteiger partial charge < -0.3 is 10.2 Å². The zero-order valence-electron chi connectivity index (χ0n) is 20.6. The summed E-state index contributed by atoms with van der Waals surface area (Å²) >= 11 is 0. The number of rotatable bonds is 9. The zero-order chi connectivity index (χ0) is 26.2. The van der Waals surface area contributed by atoms with E-state index in [1.165, 1.54) is 0 Å². The van der Waals surface area contributed by atoms with Crippen LogP contribution >= 0.6 is 0 Å². The quantitative estimate of drug-likeness (QED) is 0.403. The minimum atomic E-state index is -1.75. The average Bonchev–Trinajstić information content (AvgIpc) is 3.35. The number of hydrogen-bond acceptors (Lipinski definition) is 6. The molecule has 0 saturated heterocycles. The molecule has 3 amide bonds. The van der Waals surface area contributed by atoms with Gasteiger partial charge in [-0.25, -0.2) is 24.3 Å². The number of hydrogen-bond donors (Lipinski definition) is 3. The summed E-state index contributed by atoms with van der Waals surface area (Å²) in [6.45, 7) is 2.19. The Bertz CT molecular complexity index is 1270. The summed E-state index contributed by atoms with van der Waals surface area (Å²) in [6, 6.07) is 24.1. The third kappa shape index (κ3) is 7.25. The Morgan fingerprint density at radius 1 is 1.00 bits per heavy atom. The SMILES string of the molecule is CC1N=C(c2ccc(CN(C)C(=O)C(Cc3ccccc3)NC(=O)NS(=O)c3ccccc3)cc2)NO1. The van der Waals surface area contributed by atoms with E-state index in [-0.39, 0.29) is 18.6 Å². The van der Waals surface area contributed by atoms with Crippen LogP contribution in [0.25, 0.3) is 0 Å². The first-order chi connectivity index (χ1) is 17.9. The lowest BCUT2D eigenvalue weighted by atomic mass is 10.0. The summed E-state index contributed by atoms with van der Waals surface area (Å²) in [7, 11) is -0.0597. The Morgan fingerprint density at radius 3 is 2.27 bits per heavy atom. The van der Waals surface area contributed by atoms with Gasteiger partial charge in [0.25, 0.3) is 0 Å². The summed E-state index contributed by atoms with van der Waals surface area (Å²) in [4.78, 5) is 37.7. The molecular formula is C27H29N5O4S. The first-order valence-corrected chi connectivity index (χ1v) is 13.0. The summed E-state index contributed by atoms with van der Waals surface area (Å²) in [5.41, 5.74) is 5.49. The second kappa shape index (κ2) is 12.3. The lowest BCUT2D eigenvalue weighted by Gasteiger charge is -2.25. The van der Waals surface area contributed by atoms with Crippen molar-refractivity contribution < 1.29 is 18.6 Å². The zero-order valence-corrected chi connectivity index (χ0v) is 21.4. The van der Waals surface area contributed by atoms with Crippen LogP contribution in [-0.2, 0) is 33.6 Å². The fourth-order valence-corrected chi connectivity index (χ4v) is 4.57. The van der Waals surface area contributed by atoms with Crippen molar-refractivity contribution in [2.24, 2.45) is 4.99 Å². The van der Waals surface area contributed by atoms with E-state index in [1.54, 1.807) is 42.3 Å². The smallest absolute Gasteiger partial charge is 0.327 e. The molecule has 37 heavy (non-hydrogen) atoms. The normalized spacial score (nSPS) is 16.2. The highest BCUT2D eigenvalue weighted by Crippen LogP contribution is 2.13. The molecule has 0 aromatic heterocycles. The highest BCUT2D eigenvalue weighted by Gasteiger charge is 2.25. The van der Waals surface area contributed by atoms with Crippen LogP contribution in [0, 0.1) is 0 Å². The van der Waals surface area contributed by atoms with Crippen molar-refractivity contribution in [1.29, 1.82) is 0 Å². The van der Waals surface area contributed by atoms with E-state index >= 15 is 0 Å². The van der Waals surface area contributed by atoms with E-state index in [9.17, 15) is 13.8 Å². The molecule has 1 aliphatic heterocycles. The molecule has 3 atom stereocenters. The summed E-state index contributed by atoms with van der Waals surface area (Å²) in [6.07, 6.45) is 0.0488. The van der Waals surface area contributed by atoms with Gasteiger partial charge in [0.2, 0.25) is 5.91 Å². The topological polar surface area (TPSA) is 112 Å². The number of urea groups is 1. The van der Waals surface area contributed by atoms with E-state index in [0.29, 0.717) is 17.3 Å². The minimum absolute atomic E-state index is 0.241. The molecule has 1 aliphatic rings. The number of hydroxylamine groups is 1. The molecule has 0 aliphatic carbocycles. The number of carbonyl (C=O) groups excluding carboxylic acids is 2. The fourth-order valence-electron chi connectivity index (χ4n) is 3.82. The highest BCUT2D eigenvalue weighted by atomic mass is 32.2. The number of nitrogens with one attached hydrogen (secondary N) is 3. The lowest BCUT2D eigenvalue weighted by molar-refractivity contribution is -0.132. The van der Waals surface area contributed by atoms with Crippen LogP contribution in [-0.4, -0.2) is 46.2 Å². The minimum Gasteiger partial charge on any atom is -0.340 e. The van der Waals surface area contributed by atoms with Crippen LogP contribution in [0.2, 0.25) is 0 Å². The van der Waals surface area contributed by atoms with Crippen LogP contribution in [0.5, 0.6) is 0 Å². The van der Waals surface area contributed by atoms with E-state index in [1.807, 2.05) is 61.5 Å². The fraction of sp³-hybridized carbons (Fsp3) is 0.222. The lowest BCUT2D eigenvalue weighted by Crippen LogP contribution is -2.51. The number of nitrogens with zero attached hydrogens (tertiary/aromatic N) is 2. The van der Waals surface area contributed by atoms with Gasteiger partial charge in [0.1, 0.15) is 6.04 Å². The molecule has 3 N–H and O–H groups in total. The Balaban J connectivity index is 1.42. The molecule has 0 saturated carbocycles. The summed E-state index contributed by atoms with van der Waals surface area (Å²) < 4.78 is 14.9. The Kier molecular flexibility index (Phi) is 8.65. The van der Waals surface area contributed by atoms with Crippen LogP contribution in [0.4, 0.5) is 4.79 Å². The number of aliphatic imine (C=N–C) groups is 1. The number of benzene rings is 3. The molecule has 0 fully saturated rings. The van der Waals surface area contributed by atoms with E-state index in [0.717, 1.165) is 16.7 Å². The standard InChI is InChI=1S/C27H29N5O4S/c1-19-28-25(30-36-19)22-15-13-21(14-16-22)18-32(2)26(33)24(17-20-9-5-3-6-10-20)29-27(34)31-37(35)23-11-7-4-8-12-23/h3-16,19,24H,17-18H2,1-2H3,(H,28,30)(H2,29,31,34). The van der Waals surface area contributed by atoms with Crippen molar-refractivity contribution in [3.63, 3.8) is 0 Å². The van der Waals surface area contributed by atoms with Gasteiger partial charge >= 0.3 is 6.03 Å². The average molecular weight is 520 g/mol. The third-order valence-electron chi connectivity index (χ3n) is 5.69. The monoisotopic (exact) mass is 519 g/mol. The molecule has 192 valence electrons. The van der Waals surface area contributed by atoms with Crippen LogP contribution in [0.15, 0.2) is 94.8 Å². The van der Waals surface area contributed by atoms with Crippen molar-refractivity contribution in [2.45, 2.75) is 37.1 Å². The van der Waals surface area contributed by atoms with E-state index in [4.69, 9.17) is 4.84 Å². The van der Waals surface area contributed by atoms with Gasteiger partial charge in [0, 0.05) is 25.6 Å². The first kappa shape index (κ1) is 26.1. The van der Waals surface area contributed by atoms with Crippen molar-refractivity contribution in [1.82, 2.24) is 20.4 Å². The van der Waals surface area contributed by atoms with Gasteiger partial charge in [-0.05, 0) is 30.2 Å². The molecule has 10 heteroatoms. The van der Waals surface area contributed by atoms with Crippen LogP contribution in [0.3, 0.4) is 0 Å². The Hall–Kier alpha value is -4.02. The molecule has 0 spiro atoms. The van der Waals surface area contributed by atoms with Crippen molar-refractivity contribution in [3.05, 3.63) is 102 Å². The molecular weight excluding hydrogens is 490 g/mol. The van der Waals surface area contributed by atoms with Gasteiger partial charge in [0.05, 0.1) is 4.90 Å². The first-order valence-electron chi connectivity index (χ1n) is 11.8. The predicted octanol–water partition coefficient (Wildman–Crippen LogP) is 2.91. The second-order valence-corrected chi connectivity index (χ2v) is 9.80. The maximum Gasteiger partial charge on any atom is 0.327 e. The number of amidine groups is 1. The molecule has 9 nitrogen and oxygen atoms in total. The van der Waals surface area contributed by atoms with Gasteiger partial charge in [-0.1, -0.05) is 72.8 Å². The van der Waals surface area contributed by atoms with E-state index < -0.39 is 23.1 Å². The molecule has 0 radical (unpaired) electrons. The van der Waals surface area contributed by atoms with Crippen LogP contribution in [0.1, 0.15) is 23.6 Å². The summed E-state index contributed by atoms with van der Waals surface area (Å²) in [5.74, 6) is 0.396. The van der Waals surface area contributed by atoms with Crippen LogP contribution < -0.4 is 15.5 Å². The van der Waals surface area contributed by atoms with Crippen molar-refractivity contribution in [2.75, 3.05) is 7.05 Å². The maximum absolute atomic E-state index is 13.4. The third-order valence-corrected chi connectivity index (χ3v) is 6.76. The molecule has 1 heterocycles. The van der Waals surface area contributed by atoms with Gasteiger partial charge in [-0.15, -0.1) is 0 Å². The molecule has 3 unspecified atom stereocenters. The van der Waals surface area contributed by atoms with Gasteiger partial charge in [-0.3, -0.25) is 9.52 Å². The molecule has 0 bridgehead atoms. The molecule has 4 rings (SSSR count). The highest BCUT2D eigenvalue weighted by molar-refractivity contribution is 7.83. The number of carbonyl (C=O) groups is 2. The molecule has 3 aromatic carbocycles. The van der Waals surface area contributed by atoms with Gasteiger partial charge in [0.15, 0.2) is 23.0 Å². The van der Waals surface area contributed by atoms with E-state index in [2.05, 4.69) is 20.5 Å². The predicted molar refractivity (Wildman–Crippen MR) is 142 cm³/mol. The van der Waals surface area contributed by atoms with Gasteiger partial charge in [-0.2, -0.15) is 0 Å². The Morgan fingerprint density at radius 2 is 1.65 bits per heavy atom. The number of amides is 3. The van der Waals surface area contributed by atoms with Crippen molar-refractivity contribution >= 4 is 28.8 Å². The summed E-state index contributed by atoms with van der Waals surface area (Å²) in [5, 5.41) is 2.71. The number of likely N-dealkylation sites (N-methyl/N-ethyl adjacent to an activating group) is 1. The van der Waals surface area contributed by atoms with Crippen molar-refractivity contribution in [3.8, 4) is 0 Å². The second-order valence-electron chi connectivity index (χ2n) is 8.59. The largest absolute Gasteiger partial charge is 0.340 e. The molecule has 3 aromatic rings. The maximum atomic E-state index is 13.4.